The van der Waals surface area contributed by atoms with Gasteiger partial charge in [-0.15, -0.1) is 0 Å². The fourth-order valence-electron chi connectivity index (χ4n) is 2.44. The van der Waals surface area contributed by atoms with Gasteiger partial charge in [0.2, 0.25) is 0 Å². The quantitative estimate of drug-likeness (QED) is 0.615. The third-order valence-electron chi connectivity index (χ3n) is 3.51. The molecule has 0 radical (unpaired) electrons. The summed E-state index contributed by atoms with van der Waals surface area (Å²) in [4.78, 5) is 0. The number of rotatable bonds is 3. The Labute approximate surface area is 133 Å². The minimum absolute atomic E-state index is 0.610. The zero-order valence-electron chi connectivity index (χ0n) is 12.2. The molecule has 22 heavy (non-hydrogen) atoms. The van der Waals surface area contributed by atoms with Crippen molar-refractivity contribution in [3.05, 3.63) is 107 Å². The van der Waals surface area contributed by atoms with Gasteiger partial charge in [0.1, 0.15) is 0 Å². The average Bonchev–Trinajstić information content (AvgIpc) is 2.86. The zero-order valence-corrected chi connectivity index (χ0v) is 13.2. The standard InChI is InChI=1S/C20H18NP/c21-20(17-12-6-2-7-13-17)19(16-10-4-1-5-11-16)18-14-8-3-9-15-22-18/h1-15,22H,21H2. The summed E-state index contributed by atoms with van der Waals surface area (Å²) >= 11 is 0. The van der Waals surface area contributed by atoms with Gasteiger partial charge < -0.3 is 5.73 Å². The zero-order chi connectivity index (χ0) is 15.2. The molecule has 0 spiro atoms. The Morgan fingerprint density at radius 3 is 2.05 bits per heavy atom. The van der Waals surface area contributed by atoms with E-state index in [4.69, 9.17) is 5.73 Å². The first kappa shape index (κ1) is 14.6. The smallest absolute Gasteiger partial charge is 0.0473 e. The molecule has 2 N–H and O–H groups in total. The molecule has 0 saturated carbocycles. The molecule has 0 amide bonds. The first-order chi connectivity index (χ1) is 10.9. The maximum absolute atomic E-state index is 6.55. The van der Waals surface area contributed by atoms with Crippen molar-refractivity contribution in [2.24, 2.45) is 5.73 Å². The van der Waals surface area contributed by atoms with Gasteiger partial charge in [-0.3, -0.25) is 0 Å². The Bertz CT molecular complexity index is 753. The fraction of sp³-hybridized carbons (Fsp3) is 0. The molecule has 0 aromatic heterocycles. The lowest BCUT2D eigenvalue weighted by atomic mass is 9.99. The highest BCUT2D eigenvalue weighted by molar-refractivity contribution is 7.47. The normalized spacial score (nSPS) is 16.1. The van der Waals surface area contributed by atoms with Crippen molar-refractivity contribution in [2.45, 2.75) is 0 Å². The summed E-state index contributed by atoms with van der Waals surface area (Å²) in [5.41, 5.74) is 10.7. The second kappa shape index (κ2) is 7.06. The van der Waals surface area contributed by atoms with E-state index in [2.05, 4.69) is 66.5 Å². The largest absolute Gasteiger partial charge is 0.398 e. The van der Waals surface area contributed by atoms with Crippen molar-refractivity contribution in [1.29, 1.82) is 0 Å². The van der Waals surface area contributed by atoms with Crippen LogP contribution < -0.4 is 5.73 Å². The Kier molecular flexibility index (Phi) is 4.68. The molecule has 0 aliphatic carbocycles. The monoisotopic (exact) mass is 303 g/mol. The van der Waals surface area contributed by atoms with E-state index in [9.17, 15) is 0 Å². The molecular formula is C20H18NP. The van der Waals surface area contributed by atoms with Crippen LogP contribution in [0.5, 0.6) is 0 Å². The van der Waals surface area contributed by atoms with E-state index in [0.29, 0.717) is 8.58 Å². The molecule has 1 nitrogen and oxygen atoms in total. The summed E-state index contributed by atoms with van der Waals surface area (Å²) < 4.78 is 0. The lowest BCUT2D eigenvalue weighted by Gasteiger charge is -2.15. The molecule has 1 aliphatic heterocycles. The Morgan fingerprint density at radius 2 is 1.36 bits per heavy atom. The lowest BCUT2D eigenvalue weighted by Crippen LogP contribution is -2.02. The highest BCUT2D eigenvalue weighted by Gasteiger charge is 2.13. The van der Waals surface area contributed by atoms with Crippen LogP contribution in [0, 0.1) is 0 Å². The van der Waals surface area contributed by atoms with E-state index in [1.807, 2.05) is 24.3 Å². The van der Waals surface area contributed by atoms with Crippen LogP contribution in [0.3, 0.4) is 0 Å². The number of hydrogen-bond acceptors (Lipinski definition) is 1. The van der Waals surface area contributed by atoms with Crippen LogP contribution in [0.25, 0.3) is 11.3 Å². The van der Waals surface area contributed by atoms with Gasteiger partial charge in [0.25, 0.3) is 0 Å². The average molecular weight is 303 g/mol. The van der Waals surface area contributed by atoms with Crippen molar-refractivity contribution in [3.63, 3.8) is 0 Å². The summed E-state index contributed by atoms with van der Waals surface area (Å²) in [6, 6.07) is 20.6. The van der Waals surface area contributed by atoms with Crippen molar-refractivity contribution in [1.82, 2.24) is 0 Å². The maximum atomic E-state index is 6.55. The highest BCUT2D eigenvalue weighted by Crippen LogP contribution is 2.41. The molecule has 2 aromatic carbocycles. The molecule has 0 saturated heterocycles. The van der Waals surface area contributed by atoms with E-state index >= 15 is 0 Å². The Hall–Kier alpha value is -2.37. The predicted octanol–water partition coefficient (Wildman–Crippen LogP) is 5.16. The van der Waals surface area contributed by atoms with Gasteiger partial charge in [-0.25, -0.2) is 0 Å². The molecular weight excluding hydrogens is 285 g/mol. The molecule has 3 rings (SSSR count). The van der Waals surface area contributed by atoms with E-state index in [0.717, 1.165) is 22.4 Å². The van der Waals surface area contributed by atoms with Crippen molar-refractivity contribution < 1.29 is 0 Å². The number of benzene rings is 2. The molecule has 1 unspecified atom stereocenters. The summed E-state index contributed by atoms with van der Waals surface area (Å²) in [5, 5.41) is 1.26. The minimum Gasteiger partial charge on any atom is -0.398 e. The molecule has 1 atom stereocenters. The molecule has 2 heteroatoms. The fourth-order valence-corrected chi connectivity index (χ4v) is 3.44. The topological polar surface area (TPSA) is 26.0 Å². The van der Waals surface area contributed by atoms with Gasteiger partial charge in [-0.1, -0.05) is 99.4 Å². The molecule has 1 heterocycles. The van der Waals surface area contributed by atoms with E-state index in [-0.39, 0.29) is 0 Å². The second-order valence-corrected chi connectivity index (χ2v) is 6.15. The van der Waals surface area contributed by atoms with Crippen LogP contribution in [0.4, 0.5) is 0 Å². The van der Waals surface area contributed by atoms with E-state index < -0.39 is 0 Å². The highest BCUT2D eigenvalue weighted by atomic mass is 31.1. The van der Waals surface area contributed by atoms with Crippen LogP contribution in [0.1, 0.15) is 11.1 Å². The molecule has 108 valence electrons. The number of hydrogen-bond donors (Lipinski definition) is 1. The maximum Gasteiger partial charge on any atom is 0.0473 e. The van der Waals surface area contributed by atoms with Crippen molar-refractivity contribution in [3.8, 4) is 0 Å². The third-order valence-corrected chi connectivity index (χ3v) is 4.59. The lowest BCUT2D eigenvalue weighted by molar-refractivity contribution is 1.50. The van der Waals surface area contributed by atoms with Gasteiger partial charge in [0.15, 0.2) is 0 Å². The first-order valence-electron chi connectivity index (χ1n) is 7.27. The van der Waals surface area contributed by atoms with Gasteiger partial charge in [-0.2, -0.15) is 0 Å². The van der Waals surface area contributed by atoms with Crippen LogP contribution in [0.15, 0.2) is 96.1 Å². The number of nitrogens with two attached hydrogens (primary N) is 1. The van der Waals surface area contributed by atoms with Gasteiger partial charge in [-0.05, 0) is 16.4 Å². The summed E-state index contributed by atoms with van der Waals surface area (Å²) in [7, 11) is 0.610. The predicted molar refractivity (Wildman–Crippen MR) is 98.6 cm³/mol. The first-order valence-corrected chi connectivity index (χ1v) is 8.35. The van der Waals surface area contributed by atoms with Crippen molar-refractivity contribution >= 4 is 19.9 Å². The summed E-state index contributed by atoms with van der Waals surface area (Å²) in [5.74, 6) is 2.19. The third kappa shape index (κ3) is 3.27. The second-order valence-electron chi connectivity index (χ2n) is 4.99. The van der Waals surface area contributed by atoms with Gasteiger partial charge in [0.05, 0.1) is 0 Å². The number of allylic oxidation sites excluding steroid dienone is 6. The Morgan fingerprint density at radius 1 is 0.727 bits per heavy atom. The van der Waals surface area contributed by atoms with Gasteiger partial charge in [0, 0.05) is 11.3 Å². The Balaban J connectivity index is 2.17. The van der Waals surface area contributed by atoms with Crippen LogP contribution in [-0.4, -0.2) is 0 Å². The minimum atomic E-state index is 0.610. The molecule has 2 aromatic rings. The molecule has 1 aliphatic rings. The van der Waals surface area contributed by atoms with Crippen LogP contribution >= 0.6 is 8.58 Å². The van der Waals surface area contributed by atoms with Crippen LogP contribution in [-0.2, 0) is 0 Å². The van der Waals surface area contributed by atoms with E-state index in [1.165, 1.54) is 5.31 Å². The molecule has 0 fully saturated rings. The van der Waals surface area contributed by atoms with Crippen molar-refractivity contribution in [2.75, 3.05) is 0 Å². The van der Waals surface area contributed by atoms with Crippen LogP contribution in [0.2, 0.25) is 0 Å². The summed E-state index contributed by atoms with van der Waals surface area (Å²) in [6.45, 7) is 0. The van der Waals surface area contributed by atoms with E-state index in [1.54, 1.807) is 0 Å². The SMILES string of the molecule is NC(=C(C1=CC=CC=CP1)c1ccccc1)c1ccccc1. The summed E-state index contributed by atoms with van der Waals surface area (Å²) in [6.07, 6.45) is 8.38. The van der Waals surface area contributed by atoms with Gasteiger partial charge >= 0.3 is 0 Å². The molecule has 0 bridgehead atoms.